The third-order valence-corrected chi connectivity index (χ3v) is 6.09. The Labute approximate surface area is 204 Å². The lowest BCUT2D eigenvalue weighted by atomic mass is 9.86. The van der Waals surface area contributed by atoms with Crippen molar-refractivity contribution in [2.75, 3.05) is 0 Å². The molecule has 0 aliphatic rings. The molecule has 0 aliphatic heterocycles. The summed E-state index contributed by atoms with van der Waals surface area (Å²) in [5, 5.41) is 10.9. The number of nitrogens with two attached hydrogens (primary N) is 1. The van der Waals surface area contributed by atoms with Crippen molar-refractivity contribution in [1.29, 1.82) is 0 Å². The first kappa shape index (κ1) is 23.9. The van der Waals surface area contributed by atoms with Crippen molar-refractivity contribution >= 4 is 28.5 Å². The molecule has 4 rings (SSSR count). The first-order valence-electron chi connectivity index (χ1n) is 11.1. The van der Waals surface area contributed by atoms with E-state index in [1.165, 1.54) is 0 Å². The molecule has 4 aromatic rings. The van der Waals surface area contributed by atoms with Crippen molar-refractivity contribution in [3.05, 3.63) is 88.1 Å². The second kappa shape index (κ2) is 9.53. The van der Waals surface area contributed by atoms with Gasteiger partial charge >= 0.3 is 5.97 Å². The number of fused-ring (bicyclic) bond motifs is 1. The number of carboxylic acid groups (broad SMARTS) is 1. The van der Waals surface area contributed by atoms with Gasteiger partial charge in [0.15, 0.2) is 0 Å². The molecule has 1 aromatic heterocycles. The van der Waals surface area contributed by atoms with Crippen LogP contribution in [0.4, 0.5) is 0 Å². The van der Waals surface area contributed by atoms with E-state index in [9.17, 15) is 9.90 Å². The summed E-state index contributed by atoms with van der Waals surface area (Å²) in [6, 6.07) is 17.6. The molecule has 0 spiro atoms. The van der Waals surface area contributed by atoms with E-state index >= 15 is 0 Å². The summed E-state index contributed by atoms with van der Waals surface area (Å²) < 4.78 is 12.0. The molecule has 0 amide bonds. The first-order valence-corrected chi connectivity index (χ1v) is 11.5. The fraction of sp³-hybridized carbons (Fsp3) is 0.250. The molecule has 6 heteroatoms. The smallest absolute Gasteiger partial charge is 0.307 e. The van der Waals surface area contributed by atoms with Gasteiger partial charge in [0.25, 0.3) is 0 Å². The van der Waals surface area contributed by atoms with Crippen molar-refractivity contribution in [1.82, 2.24) is 0 Å². The largest absolute Gasteiger partial charge is 0.489 e. The topological polar surface area (TPSA) is 85.7 Å². The van der Waals surface area contributed by atoms with Gasteiger partial charge in [0.1, 0.15) is 17.9 Å². The van der Waals surface area contributed by atoms with Gasteiger partial charge in [0, 0.05) is 28.1 Å². The summed E-state index contributed by atoms with van der Waals surface area (Å²) in [7, 11) is 0. The molecule has 3 N–H and O–H groups in total. The number of benzene rings is 3. The van der Waals surface area contributed by atoms with E-state index < -0.39 is 5.97 Å². The van der Waals surface area contributed by atoms with E-state index in [1.807, 2.05) is 42.5 Å². The van der Waals surface area contributed by atoms with Gasteiger partial charge in [0.2, 0.25) is 0 Å². The first-order chi connectivity index (χ1) is 16.2. The molecule has 0 saturated heterocycles. The summed E-state index contributed by atoms with van der Waals surface area (Å²) in [5.74, 6) is -0.415. The summed E-state index contributed by atoms with van der Waals surface area (Å²) >= 11 is 6.48. The molecule has 3 aromatic carbocycles. The second-order valence-corrected chi connectivity index (χ2v) is 9.84. The fourth-order valence-corrected chi connectivity index (χ4v) is 4.54. The fourth-order valence-electron chi connectivity index (χ4n) is 4.07. The Kier molecular flexibility index (Phi) is 6.69. The molecule has 0 fully saturated rings. The summed E-state index contributed by atoms with van der Waals surface area (Å²) in [5.41, 5.74) is 11.8. The lowest BCUT2D eigenvalue weighted by Crippen LogP contribution is -2.14. The molecule has 0 unspecified atom stereocenters. The predicted octanol–water partition coefficient (Wildman–Crippen LogP) is 6.72. The Hall–Kier alpha value is -3.28. The third kappa shape index (κ3) is 5.11. The van der Waals surface area contributed by atoms with E-state index in [1.54, 1.807) is 12.3 Å². The number of carboxylic acids is 1. The Bertz CT molecular complexity index is 1350. The van der Waals surface area contributed by atoms with Gasteiger partial charge in [-0.2, -0.15) is 0 Å². The van der Waals surface area contributed by atoms with E-state index in [2.05, 4.69) is 26.8 Å². The van der Waals surface area contributed by atoms with E-state index in [-0.39, 0.29) is 18.4 Å². The summed E-state index contributed by atoms with van der Waals surface area (Å²) in [6.45, 7) is 6.90. The number of halogens is 1. The highest BCUT2D eigenvalue weighted by Gasteiger charge is 2.21. The van der Waals surface area contributed by atoms with Crippen molar-refractivity contribution in [2.24, 2.45) is 5.73 Å². The number of carbonyl (C=O) groups is 1. The molecule has 1 heterocycles. The molecule has 0 saturated carbocycles. The van der Waals surface area contributed by atoms with Crippen molar-refractivity contribution in [3.63, 3.8) is 0 Å². The summed E-state index contributed by atoms with van der Waals surface area (Å²) in [4.78, 5) is 11.4. The lowest BCUT2D eigenvalue weighted by molar-refractivity contribution is -0.136. The zero-order valence-corrected chi connectivity index (χ0v) is 20.3. The highest BCUT2D eigenvalue weighted by Crippen LogP contribution is 2.36. The Balaban J connectivity index is 1.72. The maximum absolute atomic E-state index is 11.4. The van der Waals surface area contributed by atoms with Gasteiger partial charge in [0.05, 0.1) is 12.7 Å². The Morgan fingerprint density at radius 3 is 2.59 bits per heavy atom. The van der Waals surface area contributed by atoms with Crippen LogP contribution in [0.1, 0.15) is 43.0 Å². The van der Waals surface area contributed by atoms with Crippen LogP contribution in [0.5, 0.6) is 5.75 Å². The van der Waals surface area contributed by atoms with E-state index in [4.69, 9.17) is 26.5 Å². The quantitative estimate of drug-likeness (QED) is 0.308. The molecule has 0 atom stereocenters. The average molecular weight is 478 g/mol. The number of rotatable bonds is 7. The molecule has 0 aliphatic carbocycles. The molecular formula is C28H28ClNO4. The van der Waals surface area contributed by atoms with Gasteiger partial charge in [-0.1, -0.05) is 50.6 Å². The van der Waals surface area contributed by atoms with Crippen LogP contribution in [0, 0.1) is 0 Å². The van der Waals surface area contributed by atoms with Gasteiger partial charge in [-0.25, -0.2) is 0 Å². The van der Waals surface area contributed by atoms with Gasteiger partial charge in [-0.05, 0) is 64.1 Å². The minimum absolute atomic E-state index is 0.169. The number of hydrogen-bond acceptors (Lipinski definition) is 4. The molecule has 0 bridgehead atoms. The summed E-state index contributed by atoms with van der Waals surface area (Å²) in [6.07, 6.45) is 1.50. The second-order valence-electron chi connectivity index (χ2n) is 9.44. The van der Waals surface area contributed by atoms with Gasteiger partial charge in [-0.3, -0.25) is 4.79 Å². The van der Waals surface area contributed by atoms with Crippen LogP contribution in [0.2, 0.25) is 5.02 Å². The standard InChI is InChI=1S/C28H28ClNO4/c1-28(2,3)23-14-25(21(12-24(23)29)13-26(31)32)34-16-18-10-20-7-8-33-27(20)22(11-18)19-6-4-5-17(9-19)15-30/h4-12,14H,13,15-16,30H2,1-3H3,(H,31,32). The van der Waals surface area contributed by atoms with Gasteiger partial charge < -0.3 is 20.0 Å². The number of ether oxygens (including phenoxy) is 1. The van der Waals surface area contributed by atoms with Crippen LogP contribution in [0.15, 0.2) is 65.3 Å². The van der Waals surface area contributed by atoms with Crippen LogP contribution in [0.3, 0.4) is 0 Å². The minimum atomic E-state index is -0.939. The van der Waals surface area contributed by atoms with Crippen molar-refractivity contribution in [2.45, 2.75) is 45.8 Å². The monoisotopic (exact) mass is 477 g/mol. The number of furan rings is 1. The number of aliphatic carboxylic acids is 1. The van der Waals surface area contributed by atoms with Crippen LogP contribution >= 0.6 is 11.6 Å². The number of hydrogen-bond donors (Lipinski definition) is 2. The van der Waals surface area contributed by atoms with Crippen molar-refractivity contribution < 1.29 is 19.1 Å². The van der Waals surface area contributed by atoms with Crippen molar-refractivity contribution in [3.8, 4) is 16.9 Å². The molecule has 176 valence electrons. The molecule has 0 radical (unpaired) electrons. The predicted molar refractivity (Wildman–Crippen MR) is 135 cm³/mol. The lowest BCUT2D eigenvalue weighted by Gasteiger charge is -2.23. The minimum Gasteiger partial charge on any atom is -0.489 e. The van der Waals surface area contributed by atoms with Gasteiger partial charge in [-0.15, -0.1) is 0 Å². The average Bonchev–Trinajstić information content (AvgIpc) is 3.25. The van der Waals surface area contributed by atoms with E-state index in [0.717, 1.165) is 38.8 Å². The normalized spacial score (nSPS) is 11.7. The Morgan fingerprint density at radius 2 is 1.88 bits per heavy atom. The SMILES string of the molecule is CC(C)(C)c1cc(OCc2cc(-c3cccc(CN)c3)c3occc3c2)c(CC(=O)O)cc1Cl. The van der Waals surface area contributed by atoms with Crippen LogP contribution in [-0.2, 0) is 29.8 Å². The third-order valence-electron chi connectivity index (χ3n) is 5.78. The van der Waals surface area contributed by atoms with Crippen LogP contribution in [-0.4, -0.2) is 11.1 Å². The molecule has 5 nitrogen and oxygen atoms in total. The maximum Gasteiger partial charge on any atom is 0.307 e. The zero-order valence-electron chi connectivity index (χ0n) is 19.5. The highest BCUT2D eigenvalue weighted by atomic mass is 35.5. The van der Waals surface area contributed by atoms with Crippen LogP contribution in [0.25, 0.3) is 22.1 Å². The Morgan fingerprint density at radius 1 is 1.09 bits per heavy atom. The molecule has 34 heavy (non-hydrogen) atoms. The molecular weight excluding hydrogens is 450 g/mol. The highest BCUT2D eigenvalue weighted by molar-refractivity contribution is 6.31. The van der Waals surface area contributed by atoms with Crippen LogP contribution < -0.4 is 10.5 Å². The maximum atomic E-state index is 11.4. The zero-order chi connectivity index (χ0) is 24.5. The van der Waals surface area contributed by atoms with E-state index in [0.29, 0.717) is 22.9 Å².